The number of methoxy groups -OCH3 is 1. The van der Waals surface area contributed by atoms with Crippen LogP contribution in [-0.4, -0.2) is 76.0 Å². The second-order valence-corrected chi connectivity index (χ2v) is 8.49. The maximum Gasteiger partial charge on any atom is 0.360 e. The highest BCUT2D eigenvalue weighted by Crippen LogP contribution is 2.29. The fourth-order valence-electron chi connectivity index (χ4n) is 4.57. The lowest BCUT2D eigenvalue weighted by atomic mass is 10.1. The number of likely N-dealkylation sites (tertiary alicyclic amines) is 2. The Morgan fingerprint density at radius 2 is 1.88 bits per heavy atom. The first-order valence-electron chi connectivity index (χ1n) is 11.4. The standard InChI is InChI=1S/C24H31N5O3/c1-32-24(31)21-18-29(26-25-21)20-16-22(23(30)27-13-7-2-3-8-14-27)28(17-20)15-9-12-19-10-5-4-6-11-19/h4-6,9-12,18,20,22H,2-3,7-8,13-17H2,1H3/b12-9+/t20-,22+/m1/s1. The Bertz CT molecular complexity index is 934. The summed E-state index contributed by atoms with van der Waals surface area (Å²) in [6.45, 7) is 3.02. The van der Waals surface area contributed by atoms with Crippen LogP contribution in [-0.2, 0) is 9.53 Å². The third-order valence-electron chi connectivity index (χ3n) is 6.31. The zero-order valence-corrected chi connectivity index (χ0v) is 18.6. The van der Waals surface area contributed by atoms with E-state index in [-0.39, 0.29) is 23.7 Å². The van der Waals surface area contributed by atoms with Gasteiger partial charge in [0.25, 0.3) is 0 Å². The van der Waals surface area contributed by atoms with E-state index in [4.69, 9.17) is 4.74 Å². The summed E-state index contributed by atoms with van der Waals surface area (Å²) in [6, 6.07) is 9.93. The number of hydrogen-bond acceptors (Lipinski definition) is 6. The molecule has 4 rings (SSSR count). The summed E-state index contributed by atoms with van der Waals surface area (Å²) >= 11 is 0. The van der Waals surface area contributed by atoms with Crippen LogP contribution in [0.15, 0.2) is 42.6 Å². The van der Waals surface area contributed by atoms with Crippen molar-refractivity contribution in [2.75, 3.05) is 33.3 Å². The predicted octanol–water partition coefficient (Wildman–Crippen LogP) is 2.80. The number of esters is 1. The molecular weight excluding hydrogens is 406 g/mol. The Labute approximate surface area is 188 Å². The van der Waals surface area contributed by atoms with Crippen LogP contribution >= 0.6 is 0 Å². The summed E-state index contributed by atoms with van der Waals surface area (Å²) in [4.78, 5) is 29.5. The van der Waals surface area contributed by atoms with Crippen LogP contribution in [0.25, 0.3) is 6.08 Å². The van der Waals surface area contributed by atoms with Gasteiger partial charge in [0.15, 0.2) is 5.69 Å². The minimum absolute atomic E-state index is 0.0213. The first-order valence-corrected chi connectivity index (χ1v) is 11.4. The van der Waals surface area contributed by atoms with Gasteiger partial charge in [0, 0.05) is 26.2 Å². The number of rotatable bonds is 6. The maximum absolute atomic E-state index is 13.5. The monoisotopic (exact) mass is 437 g/mol. The van der Waals surface area contributed by atoms with E-state index in [2.05, 4.69) is 39.5 Å². The molecule has 8 heteroatoms. The molecule has 0 bridgehead atoms. The molecule has 3 heterocycles. The smallest absolute Gasteiger partial charge is 0.360 e. The number of ether oxygens (including phenoxy) is 1. The molecule has 0 aliphatic carbocycles. The first-order chi connectivity index (χ1) is 15.7. The molecule has 170 valence electrons. The molecular formula is C24H31N5O3. The molecule has 2 fully saturated rings. The van der Waals surface area contributed by atoms with E-state index in [0.717, 1.165) is 31.5 Å². The molecule has 0 N–H and O–H groups in total. The second kappa shape index (κ2) is 10.5. The van der Waals surface area contributed by atoms with E-state index >= 15 is 0 Å². The van der Waals surface area contributed by atoms with E-state index in [1.807, 2.05) is 23.1 Å². The molecule has 1 aromatic carbocycles. The minimum atomic E-state index is -0.505. The van der Waals surface area contributed by atoms with Crippen LogP contribution in [0.2, 0.25) is 0 Å². The van der Waals surface area contributed by atoms with Gasteiger partial charge in [-0.15, -0.1) is 5.10 Å². The molecule has 2 atom stereocenters. The zero-order valence-electron chi connectivity index (χ0n) is 18.6. The highest BCUT2D eigenvalue weighted by atomic mass is 16.5. The quantitative estimate of drug-likeness (QED) is 0.647. The molecule has 2 aromatic rings. The van der Waals surface area contributed by atoms with E-state index in [0.29, 0.717) is 19.5 Å². The Morgan fingerprint density at radius 3 is 2.59 bits per heavy atom. The predicted molar refractivity (Wildman–Crippen MR) is 121 cm³/mol. The van der Waals surface area contributed by atoms with Crippen molar-refractivity contribution in [1.29, 1.82) is 0 Å². The Morgan fingerprint density at radius 1 is 1.12 bits per heavy atom. The largest absolute Gasteiger partial charge is 0.464 e. The van der Waals surface area contributed by atoms with Crippen LogP contribution in [0.3, 0.4) is 0 Å². The molecule has 0 radical (unpaired) electrons. The van der Waals surface area contributed by atoms with Gasteiger partial charge < -0.3 is 9.64 Å². The van der Waals surface area contributed by atoms with E-state index < -0.39 is 5.97 Å². The summed E-state index contributed by atoms with van der Waals surface area (Å²) in [7, 11) is 1.33. The number of nitrogens with zero attached hydrogens (tertiary/aromatic N) is 5. The lowest BCUT2D eigenvalue weighted by Gasteiger charge is -2.28. The van der Waals surface area contributed by atoms with Crippen molar-refractivity contribution in [2.24, 2.45) is 0 Å². The van der Waals surface area contributed by atoms with Crippen LogP contribution in [0, 0.1) is 0 Å². The van der Waals surface area contributed by atoms with Crippen LogP contribution < -0.4 is 0 Å². The summed E-state index contributed by atoms with van der Waals surface area (Å²) in [5.41, 5.74) is 1.32. The normalized spacial score (nSPS) is 22.2. The Balaban J connectivity index is 1.50. The molecule has 2 aliphatic rings. The zero-order chi connectivity index (χ0) is 22.3. The van der Waals surface area contributed by atoms with E-state index in [1.54, 1.807) is 10.9 Å². The fraction of sp³-hybridized carbons (Fsp3) is 0.500. The van der Waals surface area contributed by atoms with E-state index in [1.165, 1.54) is 20.0 Å². The Hall–Kier alpha value is -3.00. The molecule has 8 nitrogen and oxygen atoms in total. The van der Waals surface area contributed by atoms with Gasteiger partial charge >= 0.3 is 5.97 Å². The highest BCUT2D eigenvalue weighted by Gasteiger charge is 2.39. The van der Waals surface area contributed by atoms with Gasteiger partial charge in [-0.2, -0.15) is 0 Å². The lowest BCUT2D eigenvalue weighted by molar-refractivity contribution is -0.135. The number of benzene rings is 1. The van der Waals surface area contributed by atoms with Crippen LogP contribution in [0.4, 0.5) is 0 Å². The van der Waals surface area contributed by atoms with Crippen molar-refractivity contribution >= 4 is 18.0 Å². The molecule has 0 spiro atoms. The molecule has 0 unspecified atom stereocenters. The molecule has 2 saturated heterocycles. The van der Waals surface area contributed by atoms with Gasteiger partial charge in [0.05, 0.1) is 25.4 Å². The van der Waals surface area contributed by atoms with Gasteiger partial charge in [-0.3, -0.25) is 9.69 Å². The number of carbonyl (C=O) groups is 2. The highest BCUT2D eigenvalue weighted by molar-refractivity contribution is 5.86. The number of aromatic nitrogens is 3. The number of carbonyl (C=O) groups excluding carboxylic acids is 2. The van der Waals surface area contributed by atoms with Crippen LogP contribution in [0.1, 0.15) is 54.2 Å². The first kappa shape index (κ1) is 22.2. The van der Waals surface area contributed by atoms with Crippen molar-refractivity contribution in [3.05, 3.63) is 53.9 Å². The van der Waals surface area contributed by atoms with Crippen LogP contribution in [0.5, 0.6) is 0 Å². The summed E-state index contributed by atoms with van der Waals surface area (Å²) in [6.07, 6.45) is 11.0. The van der Waals surface area contributed by atoms with Gasteiger partial charge in [-0.05, 0) is 24.8 Å². The molecule has 2 aliphatic heterocycles. The molecule has 32 heavy (non-hydrogen) atoms. The van der Waals surface area contributed by atoms with Gasteiger partial charge in [-0.25, -0.2) is 9.48 Å². The summed E-state index contributed by atoms with van der Waals surface area (Å²) in [5, 5.41) is 8.09. The minimum Gasteiger partial charge on any atom is -0.464 e. The summed E-state index contributed by atoms with van der Waals surface area (Å²) < 4.78 is 6.45. The second-order valence-electron chi connectivity index (χ2n) is 8.49. The average molecular weight is 438 g/mol. The third kappa shape index (κ3) is 5.24. The number of hydrogen-bond donors (Lipinski definition) is 0. The average Bonchev–Trinajstić information content (AvgIpc) is 3.39. The maximum atomic E-state index is 13.5. The molecule has 1 aromatic heterocycles. The fourth-order valence-corrected chi connectivity index (χ4v) is 4.57. The van der Waals surface area contributed by atoms with Gasteiger partial charge in [0.1, 0.15) is 0 Å². The molecule has 1 amide bonds. The van der Waals surface area contributed by atoms with Crippen molar-refractivity contribution in [3.8, 4) is 0 Å². The molecule has 0 saturated carbocycles. The SMILES string of the molecule is COC(=O)c1cn([C@@H]2C[C@@H](C(=O)N3CCCCCC3)N(C/C=C/c3ccccc3)C2)nn1. The van der Waals surface area contributed by atoms with Crippen molar-refractivity contribution in [1.82, 2.24) is 24.8 Å². The number of amides is 1. The lowest BCUT2D eigenvalue weighted by Crippen LogP contribution is -2.46. The van der Waals surface area contributed by atoms with E-state index in [9.17, 15) is 9.59 Å². The Kier molecular flexibility index (Phi) is 7.32. The van der Waals surface area contributed by atoms with Crippen molar-refractivity contribution in [2.45, 2.75) is 44.2 Å². The van der Waals surface area contributed by atoms with Gasteiger partial charge in [0.2, 0.25) is 5.91 Å². The van der Waals surface area contributed by atoms with Gasteiger partial charge in [-0.1, -0.05) is 60.5 Å². The van der Waals surface area contributed by atoms with Crippen molar-refractivity contribution in [3.63, 3.8) is 0 Å². The summed E-state index contributed by atoms with van der Waals surface area (Å²) in [5.74, 6) is -0.301. The topological polar surface area (TPSA) is 80.6 Å². The van der Waals surface area contributed by atoms with Crippen molar-refractivity contribution < 1.29 is 14.3 Å². The third-order valence-corrected chi connectivity index (χ3v) is 6.31.